The molecule has 0 aromatic carbocycles. The van der Waals surface area contributed by atoms with E-state index in [-0.39, 0.29) is 5.91 Å². The van der Waals surface area contributed by atoms with Crippen molar-refractivity contribution in [3.8, 4) is 0 Å². The van der Waals surface area contributed by atoms with E-state index in [1.165, 1.54) is 6.42 Å². The Balaban J connectivity index is 1.93. The van der Waals surface area contributed by atoms with Crippen LogP contribution in [0.15, 0.2) is 0 Å². The van der Waals surface area contributed by atoms with Crippen molar-refractivity contribution in [1.29, 1.82) is 0 Å². The molecule has 0 aromatic heterocycles. The van der Waals surface area contributed by atoms with Gasteiger partial charge in [0.05, 0.1) is 0 Å². The molecule has 1 aliphatic carbocycles. The molecule has 1 rings (SSSR count). The van der Waals surface area contributed by atoms with Gasteiger partial charge in [0.2, 0.25) is 5.91 Å². The van der Waals surface area contributed by atoms with Gasteiger partial charge in [-0.05, 0) is 32.1 Å². The van der Waals surface area contributed by atoms with Crippen LogP contribution in [-0.2, 0) is 4.79 Å². The van der Waals surface area contributed by atoms with Gasteiger partial charge in [0.25, 0.3) is 0 Å². The van der Waals surface area contributed by atoms with E-state index in [0.717, 1.165) is 31.8 Å². The van der Waals surface area contributed by atoms with Gasteiger partial charge >= 0.3 is 0 Å². The third-order valence-electron chi connectivity index (χ3n) is 2.69. The number of hydrogen-bond acceptors (Lipinski definition) is 2. The lowest BCUT2D eigenvalue weighted by Crippen LogP contribution is -2.36. The first-order valence-electron chi connectivity index (χ1n) is 6.10. The summed E-state index contributed by atoms with van der Waals surface area (Å²) in [5, 5.41) is 6.37. The Morgan fingerprint density at radius 3 is 2.47 bits per heavy atom. The van der Waals surface area contributed by atoms with Crippen molar-refractivity contribution in [2.75, 3.05) is 13.1 Å². The number of hydrogen-bond donors (Lipinski definition) is 2. The summed E-state index contributed by atoms with van der Waals surface area (Å²) in [7, 11) is 0. The van der Waals surface area contributed by atoms with Crippen LogP contribution in [0, 0.1) is 11.8 Å². The first-order chi connectivity index (χ1) is 7.09. The van der Waals surface area contributed by atoms with Crippen LogP contribution in [0.25, 0.3) is 0 Å². The second-order valence-electron chi connectivity index (χ2n) is 5.05. The van der Waals surface area contributed by atoms with Crippen LogP contribution in [-0.4, -0.2) is 25.0 Å². The van der Waals surface area contributed by atoms with Crippen LogP contribution < -0.4 is 10.6 Å². The third kappa shape index (κ3) is 5.78. The van der Waals surface area contributed by atoms with Crippen LogP contribution in [0.3, 0.4) is 0 Å². The summed E-state index contributed by atoms with van der Waals surface area (Å²) in [6.07, 6.45) is 3.36. The average molecular weight is 212 g/mol. The number of carbonyl (C=O) groups excluding carboxylic acids is 1. The average Bonchev–Trinajstić information content (AvgIpc) is 2.93. The molecule has 0 radical (unpaired) electrons. The molecule has 1 unspecified atom stereocenters. The summed E-state index contributed by atoms with van der Waals surface area (Å²) in [6, 6.07) is 0.544. The molecule has 0 heterocycles. The molecule has 0 saturated heterocycles. The summed E-state index contributed by atoms with van der Waals surface area (Å²) < 4.78 is 0. The van der Waals surface area contributed by atoms with Crippen molar-refractivity contribution in [2.45, 2.75) is 46.1 Å². The zero-order valence-electron chi connectivity index (χ0n) is 10.2. The number of rotatable bonds is 7. The maximum absolute atomic E-state index is 11.3. The van der Waals surface area contributed by atoms with Gasteiger partial charge < -0.3 is 10.6 Å². The van der Waals surface area contributed by atoms with Crippen molar-refractivity contribution in [3.63, 3.8) is 0 Å². The topological polar surface area (TPSA) is 41.1 Å². The van der Waals surface area contributed by atoms with E-state index >= 15 is 0 Å². The summed E-state index contributed by atoms with van der Waals surface area (Å²) in [6.45, 7) is 8.30. The largest absolute Gasteiger partial charge is 0.355 e. The van der Waals surface area contributed by atoms with E-state index in [2.05, 4.69) is 31.4 Å². The maximum atomic E-state index is 11.3. The molecular formula is C12H24N2O. The summed E-state index contributed by atoms with van der Waals surface area (Å²) in [4.78, 5) is 11.3. The van der Waals surface area contributed by atoms with Crippen molar-refractivity contribution in [2.24, 2.45) is 11.8 Å². The van der Waals surface area contributed by atoms with Gasteiger partial charge in [-0.2, -0.15) is 0 Å². The molecular weight excluding hydrogens is 188 g/mol. The second kappa shape index (κ2) is 6.11. The summed E-state index contributed by atoms with van der Waals surface area (Å²) >= 11 is 0. The lowest BCUT2D eigenvalue weighted by atomic mass is 10.1. The van der Waals surface area contributed by atoms with Crippen LogP contribution in [0.4, 0.5) is 0 Å². The predicted molar refractivity (Wildman–Crippen MR) is 62.7 cm³/mol. The van der Waals surface area contributed by atoms with Crippen LogP contribution in [0.1, 0.15) is 40.0 Å². The highest BCUT2D eigenvalue weighted by molar-refractivity contribution is 5.80. The molecule has 1 atom stereocenters. The highest BCUT2D eigenvalue weighted by Gasteiger charge is 2.28. The van der Waals surface area contributed by atoms with E-state index in [4.69, 9.17) is 0 Å². The van der Waals surface area contributed by atoms with Gasteiger partial charge in [0, 0.05) is 25.0 Å². The summed E-state index contributed by atoms with van der Waals surface area (Å²) in [5.74, 6) is 1.31. The fourth-order valence-corrected chi connectivity index (χ4v) is 1.78. The Hall–Kier alpha value is -0.570. The lowest BCUT2D eigenvalue weighted by Gasteiger charge is -2.15. The van der Waals surface area contributed by atoms with Gasteiger partial charge in [0.1, 0.15) is 0 Å². The quantitative estimate of drug-likeness (QED) is 0.628. The van der Waals surface area contributed by atoms with Gasteiger partial charge in [0.15, 0.2) is 0 Å². The second-order valence-corrected chi connectivity index (χ2v) is 5.05. The van der Waals surface area contributed by atoms with Gasteiger partial charge in [-0.3, -0.25) is 4.79 Å². The smallest absolute Gasteiger partial charge is 0.223 e. The monoisotopic (exact) mass is 212 g/mol. The molecule has 0 aliphatic heterocycles. The van der Waals surface area contributed by atoms with Gasteiger partial charge in [-0.1, -0.05) is 13.8 Å². The normalized spacial score (nSPS) is 17.9. The fraction of sp³-hybridized carbons (Fsp3) is 0.917. The first kappa shape index (κ1) is 12.5. The van der Waals surface area contributed by atoms with Crippen molar-refractivity contribution >= 4 is 5.91 Å². The molecule has 3 nitrogen and oxygen atoms in total. The molecule has 2 N–H and O–H groups in total. The van der Waals surface area contributed by atoms with Crippen molar-refractivity contribution < 1.29 is 4.79 Å². The minimum absolute atomic E-state index is 0.244. The highest BCUT2D eigenvalue weighted by Crippen LogP contribution is 2.28. The number of carbonyl (C=O) groups is 1. The lowest BCUT2D eigenvalue weighted by molar-refractivity contribution is -0.122. The standard InChI is InChI=1S/C12H24N2O/c1-9(2)8-10(3)13-6-7-14-12(15)11-4-5-11/h9-11,13H,4-8H2,1-3H3,(H,14,15). The third-order valence-corrected chi connectivity index (χ3v) is 2.69. The molecule has 0 bridgehead atoms. The maximum Gasteiger partial charge on any atom is 0.223 e. The van der Waals surface area contributed by atoms with E-state index in [0.29, 0.717) is 12.0 Å². The van der Waals surface area contributed by atoms with E-state index in [1.54, 1.807) is 0 Å². The Kier molecular flexibility index (Phi) is 5.09. The van der Waals surface area contributed by atoms with Crippen molar-refractivity contribution in [3.05, 3.63) is 0 Å². The van der Waals surface area contributed by atoms with E-state index in [9.17, 15) is 4.79 Å². The van der Waals surface area contributed by atoms with Crippen LogP contribution in [0.5, 0.6) is 0 Å². The van der Waals surface area contributed by atoms with Crippen molar-refractivity contribution in [1.82, 2.24) is 10.6 Å². The molecule has 1 fully saturated rings. The van der Waals surface area contributed by atoms with Gasteiger partial charge in [-0.15, -0.1) is 0 Å². The van der Waals surface area contributed by atoms with Gasteiger partial charge in [-0.25, -0.2) is 0 Å². The highest BCUT2D eigenvalue weighted by atomic mass is 16.2. The minimum Gasteiger partial charge on any atom is -0.355 e. The molecule has 15 heavy (non-hydrogen) atoms. The number of amides is 1. The zero-order valence-corrected chi connectivity index (χ0v) is 10.2. The molecule has 88 valence electrons. The van der Waals surface area contributed by atoms with E-state index < -0.39 is 0 Å². The first-order valence-corrected chi connectivity index (χ1v) is 6.10. The van der Waals surface area contributed by atoms with Crippen LogP contribution >= 0.6 is 0 Å². The molecule has 3 heteroatoms. The van der Waals surface area contributed by atoms with Crippen LogP contribution in [0.2, 0.25) is 0 Å². The summed E-state index contributed by atoms with van der Waals surface area (Å²) in [5.41, 5.74) is 0. The Morgan fingerprint density at radius 2 is 1.93 bits per heavy atom. The number of nitrogens with one attached hydrogen (secondary N) is 2. The SMILES string of the molecule is CC(C)CC(C)NCCNC(=O)C1CC1. The van der Waals surface area contributed by atoms with E-state index in [1.807, 2.05) is 0 Å². The Morgan fingerprint density at radius 1 is 1.27 bits per heavy atom. The Bertz CT molecular complexity index is 200. The zero-order chi connectivity index (χ0) is 11.3. The molecule has 1 amide bonds. The molecule has 1 saturated carbocycles. The molecule has 0 spiro atoms. The minimum atomic E-state index is 0.244. The molecule has 1 aliphatic rings. The Labute approximate surface area is 93.0 Å². The predicted octanol–water partition coefficient (Wildman–Crippen LogP) is 1.54. The fourth-order valence-electron chi connectivity index (χ4n) is 1.78. The molecule has 0 aromatic rings.